The van der Waals surface area contributed by atoms with E-state index in [2.05, 4.69) is 125 Å². The highest BCUT2D eigenvalue weighted by molar-refractivity contribution is 8.00. The largest absolute Gasteiger partial charge is 0.151 e. The molecular weight excluding hydrogens is 433 g/mol. The molecule has 3 heteroatoms. The molecule has 3 rings (SSSR count). The summed E-state index contributed by atoms with van der Waals surface area (Å²) < 4.78 is 0.474. The summed E-state index contributed by atoms with van der Waals surface area (Å²) in [4.78, 5) is 2.63. The fourth-order valence-corrected chi connectivity index (χ4v) is 5.71. The van der Waals surface area contributed by atoms with Gasteiger partial charge in [0, 0.05) is 19.3 Å². The van der Waals surface area contributed by atoms with E-state index < -0.39 is 0 Å². The molecule has 0 aliphatic rings. The van der Waals surface area contributed by atoms with Gasteiger partial charge in [-0.1, -0.05) is 90.1 Å². The lowest BCUT2D eigenvalue weighted by molar-refractivity contribution is 0.802. The minimum Gasteiger partial charge on any atom is -0.151 e. The van der Waals surface area contributed by atoms with Crippen LogP contribution in [-0.4, -0.2) is 9.49 Å². The summed E-state index contributed by atoms with van der Waals surface area (Å²) in [6.45, 7) is 13.5. The number of hydrogen-bond donors (Lipinski definition) is 0. The lowest BCUT2D eigenvalue weighted by Crippen LogP contribution is -2.06. The zero-order chi connectivity index (χ0) is 22.5. The van der Waals surface area contributed by atoms with Gasteiger partial charge in [0.1, 0.15) is 0 Å². The van der Waals surface area contributed by atoms with Crippen molar-refractivity contribution in [2.45, 2.75) is 60.8 Å². The van der Waals surface area contributed by atoms with Gasteiger partial charge in [-0.3, -0.25) is 0 Å². The molecule has 0 bridgehead atoms. The van der Waals surface area contributed by atoms with E-state index in [0.717, 1.165) is 0 Å². The van der Waals surface area contributed by atoms with Crippen LogP contribution >= 0.6 is 34.9 Å². The van der Waals surface area contributed by atoms with E-state index in [9.17, 15) is 0 Å². The van der Waals surface area contributed by atoms with Crippen molar-refractivity contribution in [1.82, 2.24) is 0 Å². The summed E-state index contributed by atoms with van der Waals surface area (Å²) in [6.07, 6.45) is 8.82. The molecule has 0 fully saturated rings. The number of thiophene rings is 1. The van der Waals surface area contributed by atoms with Crippen molar-refractivity contribution < 1.29 is 0 Å². The minimum atomic E-state index is 0.237. The third-order valence-electron chi connectivity index (χ3n) is 4.24. The summed E-state index contributed by atoms with van der Waals surface area (Å²) in [5.74, 6) is 0. The molecule has 162 valence electrons. The summed E-state index contributed by atoms with van der Waals surface area (Å²) in [5, 5.41) is 4.42. The maximum absolute atomic E-state index is 2.25. The third kappa shape index (κ3) is 8.40. The fourth-order valence-electron chi connectivity index (χ4n) is 2.96. The van der Waals surface area contributed by atoms with Crippen LogP contribution in [0.15, 0.2) is 69.1 Å². The average molecular weight is 465 g/mol. The van der Waals surface area contributed by atoms with Crippen molar-refractivity contribution >= 4 is 59.2 Å². The number of thioether (sulfide) groups is 2. The van der Waals surface area contributed by atoms with E-state index in [4.69, 9.17) is 0 Å². The first-order chi connectivity index (χ1) is 14.6. The third-order valence-corrected chi connectivity index (χ3v) is 7.26. The monoisotopic (exact) mass is 464 g/mol. The Morgan fingerprint density at radius 3 is 1.23 bits per heavy atom. The maximum atomic E-state index is 2.25. The molecule has 0 atom stereocenters. The predicted octanol–water partition coefficient (Wildman–Crippen LogP) is 9.87. The summed E-state index contributed by atoms with van der Waals surface area (Å²) >= 11 is 5.55. The average Bonchev–Trinajstić information content (AvgIpc) is 3.12. The Balaban J connectivity index is 1.65. The van der Waals surface area contributed by atoms with Crippen LogP contribution in [0.3, 0.4) is 0 Å². The van der Waals surface area contributed by atoms with Crippen molar-refractivity contribution in [3.05, 3.63) is 81.5 Å². The van der Waals surface area contributed by atoms with Gasteiger partial charge in [0.15, 0.2) is 0 Å². The van der Waals surface area contributed by atoms with E-state index in [-0.39, 0.29) is 9.49 Å². The molecule has 0 aliphatic heterocycles. The number of benzene rings is 2. The molecule has 1 heterocycles. The Morgan fingerprint density at radius 2 is 0.903 bits per heavy atom. The Morgan fingerprint density at radius 1 is 0.548 bits per heavy atom. The molecule has 2 aromatic carbocycles. The molecule has 0 nitrogen and oxygen atoms in total. The van der Waals surface area contributed by atoms with Crippen molar-refractivity contribution in [2.24, 2.45) is 0 Å². The van der Waals surface area contributed by atoms with Gasteiger partial charge in [0.2, 0.25) is 0 Å². The van der Waals surface area contributed by atoms with E-state index >= 15 is 0 Å². The highest BCUT2D eigenvalue weighted by Gasteiger charge is 2.12. The molecular formula is C28H32S3. The first-order valence-electron chi connectivity index (χ1n) is 10.6. The van der Waals surface area contributed by atoms with Gasteiger partial charge in [0.05, 0.1) is 0 Å². The maximum Gasteiger partial charge on any atom is 0.0122 e. The predicted molar refractivity (Wildman–Crippen MR) is 146 cm³/mol. The van der Waals surface area contributed by atoms with Crippen LogP contribution in [0, 0.1) is 0 Å². The molecule has 0 aliphatic carbocycles. The van der Waals surface area contributed by atoms with E-state index in [1.807, 2.05) is 23.5 Å². The second-order valence-corrected chi connectivity index (χ2v) is 14.1. The van der Waals surface area contributed by atoms with Gasteiger partial charge in [0.25, 0.3) is 0 Å². The van der Waals surface area contributed by atoms with Crippen LogP contribution in [-0.2, 0) is 0 Å². The Hall–Kier alpha value is -1.68. The van der Waals surface area contributed by atoms with Crippen molar-refractivity contribution in [2.75, 3.05) is 0 Å². The van der Waals surface area contributed by atoms with E-state index in [1.165, 1.54) is 32.0 Å². The Labute approximate surface area is 200 Å². The van der Waals surface area contributed by atoms with Crippen LogP contribution < -0.4 is 0 Å². The fraction of sp³-hybridized carbons (Fsp3) is 0.286. The molecule has 0 saturated heterocycles. The van der Waals surface area contributed by atoms with Gasteiger partial charge in [-0.15, -0.1) is 23.5 Å². The number of rotatable bonds is 6. The molecule has 0 saturated carbocycles. The molecule has 0 N–H and O–H groups in total. The Kier molecular flexibility index (Phi) is 7.96. The van der Waals surface area contributed by atoms with Crippen LogP contribution in [0.1, 0.15) is 63.8 Å². The van der Waals surface area contributed by atoms with E-state index in [1.54, 1.807) is 11.3 Å². The molecule has 3 aromatic rings. The normalized spacial score (nSPS) is 12.8. The molecule has 0 unspecified atom stereocenters. The van der Waals surface area contributed by atoms with Crippen LogP contribution in [0.25, 0.3) is 24.3 Å². The van der Waals surface area contributed by atoms with Gasteiger partial charge >= 0.3 is 0 Å². The second-order valence-electron chi connectivity index (χ2n) is 9.52. The highest BCUT2D eigenvalue weighted by atomic mass is 32.2. The van der Waals surface area contributed by atoms with E-state index in [0.29, 0.717) is 0 Å². The standard InChI is InChI=1S/C28H32S3/c1-27(2,3)30-25-15-9-21(10-16-25)7-13-23-19-29-20-24(23)14-8-22-11-17-26(18-12-22)31-28(4,5)6/h7-20H,1-6H3/b13-7+,14-8+. The molecule has 31 heavy (non-hydrogen) atoms. The quantitative estimate of drug-likeness (QED) is 0.333. The lowest BCUT2D eigenvalue weighted by atomic mass is 10.1. The topological polar surface area (TPSA) is 0 Å². The SMILES string of the molecule is CC(C)(C)Sc1ccc(/C=C/c2cscc2/C=C/c2ccc(SC(C)(C)C)cc2)cc1. The van der Waals surface area contributed by atoms with Crippen LogP contribution in [0.4, 0.5) is 0 Å². The first kappa shape index (κ1) is 24.0. The zero-order valence-electron chi connectivity index (χ0n) is 19.3. The number of hydrogen-bond acceptors (Lipinski definition) is 3. The summed E-state index contributed by atoms with van der Waals surface area (Å²) in [7, 11) is 0. The zero-order valence-corrected chi connectivity index (χ0v) is 21.8. The second kappa shape index (κ2) is 10.3. The van der Waals surface area contributed by atoms with Crippen molar-refractivity contribution in [3.63, 3.8) is 0 Å². The molecule has 1 aromatic heterocycles. The molecule has 0 amide bonds. The first-order valence-corrected chi connectivity index (χ1v) is 13.2. The van der Waals surface area contributed by atoms with Crippen molar-refractivity contribution in [1.29, 1.82) is 0 Å². The summed E-state index contributed by atoms with van der Waals surface area (Å²) in [5.41, 5.74) is 4.97. The smallest absolute Gasteiger partial charge is 0.0122 e. The van der Waals surface area contributed by atoms with Gasteiger partial charge in [-0.05, 0) is 57.3 Å². The van der Waals surface area contributed by atoms with Gasteiger partial charge in [-0.2, -0.15) is 11.3 Å². The minimum absolute atomic E-state index is 0.237. The highest BCUT2D eigenvalue weighted by Crippen LogP contribution is 2.33. The van der Waals surface area contributed by atoms with Crippen LogP contribution in [0.2, 0.25) is 0 Å². The molecule has 0 spiro atoms. The van der Waals surface area contributed by atoms with Gasteiger partial charge in [-0.25, -0.2) is 0 Å². The Bertz CT molecular complexity index is 938. The summed E-state index contributed by atoms with van der Waals surface area (Å²) in [6, 6.07) is 17.6. The van der Waals surface area contributed by atoms with Gasteiger partial charge < -0.3 is 0 Å². The lowest BCUT2D eigenvalue weighted by Gasteiger charge is -2.17. The van der Waals surface area contributed by atoms with Crippen LogP contribution in [0.5, 0.6) is 0 Å². The molecule has 0 radical (unpaired) electrons. The van der Waals surface area contributed by atoms with Crippen molar-refractivity contribution in [3.8, 4) is 0 Å².